The summed E-state index contributed by atoms with van der Waals surface area (Å²) in [7, 11) is -4.74. The van der Waals surface area contributed by atoms with Gasteiger partial charge in [-0.15, -0.1) is 0 Å². The zero-order valence-electron chi connectivity index (χ0n) is 17.8. The number of fused-ring (bicyclic) bond motifs is 1. The molecule has 2 aromatic rings. The summed E-state index contributed by atoms with van der Waals surface area (Å²) in [6.07, 6.45) is 2.48. The third-order valence-corrected chi connectivity index (χ3v) is 7.77. The van der Waals surface area contributed by atoms with Crippen LogP contribution in [-0.2, 0) is 30.8 Å². The highest BCUT2D eigenvalue weighted by atomic mass is 32.2. The second-order valence-electron chi connectivity index (χ2n) is 7.94. The fourth-order valence-electron chi connectivity index (χ4n) is 4.51. The summed E-state index contributed by atoms with van der Waals surface area (Å²) in [4.78, 5) is 56.1. The largest absolute Gasteiger partial charge is 0.367 e. The van der Waals surface area contributed by atoms with Gasteiger partial charge in [0, 0.05) is 12.7 Å². The number of primary amides is 1. The molecule has 2 amide bonds. The number of pyridine rings is 1. The summed E-state index contributed by atoms with van der Waals surface area (Å²) >= 11 is 0. The van der Waals surface area contributed by atoms with Gasteiger partial charge < -0.3 is 10.6 Å². The number of aromatic nitrogens is 1. The van der Waals surface area contributed by atoms with Crippen LogP contribution in [0.2, 0.25) is 0 Å². The molecule has 2 atom stereocenters. The lowest BCUT2D eigenvalue weighted by atomic mass is 9.89. The highest BCUT2D eigenvalue weighted by Crippen LogP contribution is 2.41. The van der Waals surface area contributed by atoms with E-state index >= 15 is 0 Å². The summed E-state index contributed by atoms with van der Waals surface area (Å²) in [5.41, 5.74) is 3.62. The molecule has 1 radical (unpaired) electrons. The van der Waals surface area contributed by atoms with Crippen LogP contribution in [0.15, 0.2) is 48.7 Å². The minimum absolute atomic E-state index is 0.0699. The monoisotopic (exact) mass is 487 g/mol. The van der Waals surface area contributed by atoms with Crippen LogP contribution >= 0.6 is 0 Å². The summed E-state index contributed by atoms with van der Waals surface area (Å²) in [6.45, 7) is -0.905. The zero-order valence-corrected chi connectivity index (χ0v) is 18.6. The van der Waals surface area contributed by atoms with Crippen molar-refractivity contribution in [3.05, 3.63) is 72.2 Å². The molecular formula is C22H20FN4O6S. The lowest BCUT2D eigenvalue weighted by Crippen LogP contribution is -2.64. The van der Waals surface area contributed by atoms with Crippen LogP contribution in [0.4, 0.5) is 4.39 Å². The van der Waals surface area contributed by atoms with Gasteiger partial charge in [0.2, 0.25) is 5.91 Å². The first-order chi connectivity index (χ1) is 16.1. The molecule has 2 aliphatic rings. The summed E-state index contributed by atoms with van der Waals surface area (Å²) in [5.74, 6) is -3.20. The predicted octanol–water partition coefficient (Wildman–Crippen LogP) is -0.153. The van der Waals surface area contributed by atoms with Gasteiger partial charge in [0.25, 0.3) is 15.9 Å². The van der Waals surface area contributed by atoms with E-state index in [0.717, 1.165) is 4.90 Å². The Balaban J connectivity index is 1.61. The van der Waals surface area contributed by atoms with Crippen molar-refractivity contribution in [3.63, 3.8) is 0 Å². The quantitative estimate of drug-likeness (QED) is 0.557. The van der Waals surface area contributed by atoms with Gasteiger partial charge in [-0.3, -0.25) is 24.2 Å². The molecule has 0 saturated carbocycles. The SMILES string of the molecule is NC(=O)C12C(=O)CN(S(=O)(=O)C(=O)c3ccccn3)C1CCN2C(=O)[CH]Cc1ccc(F)cc1. The Bertz CT molecular complexity index is 1270. The lowest BCUT2D eigenvalue weighted by Gasteiger charge is -2.34. The van der Waals surface area contributed by atoms with Crippen molar-refractivity contribution in [3.8, 4) is 0 Å². The summed E-state index contributed by atoms with van der Waals surface area (Å²) < 4.78 is 39.9. The number of nitrogens with two attached hydrogens (primary N) is 1. The number of hydrogen-bond donors (Lipinski definition) is 1. The van der Waals surface area contributed by atoms with Crippen molar-refractivity contribution in [2.45, 2.75) is 24.4 Å². The van der Waals surface area contributed by atoms with E-state index in [1.165, 1.54) is 55.1 Å². The van der Waals surface area contributed by atoms with Crippen LogP contribution in [0.1, 0.15) is 22.5 Å². The van der Waals surface area contributed by atoms with Crippen molar-refractivity contribution < 1.29 is 32.0 Å². The average Bonchev–Trinajstić information content (AvgIpc) is 3.36. The fourth-order valence-corrected chi connectivity index (χ4v) is 5.98. The van der Waals surface area contributed by atoms with E-state index in [1.54, 1.807) is 0 Å². The second-order valence-corrected chi connectivity index (χ2v) is 9.73. The molecule has 177 valence electrons. The molecule has 0 spiro atoms. The highest BCUT2D eigenvalue weighted by Gasteiger charge is 2.68. The molecule has 4 rings (SSSR count). The van der Waals surface area contributed by atoms with Gasteiger partial charge in [-0.1, -0.05) is 18.2 Å². The number of amides is 2. The Labute approximate surface area is 194 Å². The van der Waals surface area contributed by atoms with Gasteiger partial charge in [0.15, 0.2) is 11.3 Å². The van der Waals surface area contributed by atoms with E-state index in [1.807, 2.05) is 0 Å². The molecule has 1 aromatic heterocycles. The maximum absolute atomic E-state index is 13.1. The van der Waals surface area contributed by atoms with E-state index in [-0.39, 0.29) is 25.1 Å². The minimum atomic E-state index is -4.74. The Hall–Kier alpha value is -3.51. The molecular weight excluding hydrogens is 467 g/mol. The molecule has 12 heteroatoms. The van der Waals surface area contributed by atoms with Gasteiger partial charge >= 0.3 is 5.12 Å². The predicted molar refractivity (Wildman–Crippen MR) is 116 cm³/mol. The Morgan fingerprint density at radius 2 is 1.88 bits per heavy atom. The zero-order chi connectivity index (χ0) is 24.7. The molecule has 2 N–H and O–H groups in total. The van der Waals surface area contributed by atoms with Crippen molar-refractivity contribution in [2.24, 2.45) is 5.73 Å². The summed E-state index contributed by atoms with van der Waals surface area (Å²) in [6, 6.07) is 8.25. The number of carbonyl (C=O) groups excluding carboxylic acids is 4. The average molecular weight is 487 g/mol. The van der Waals surface area contributed by atoms with Crippen LogP contribution in [0, 0.1) is 12.2 Å². The lowest BCUT2D eigenvalue weighted by molar-refractivity contribution is -0.147. The highest BCUT2D eigenvalue weighted by molar-refractivity contribution is 8.04. The molecule has 34 heavy (non-hydrogen) atoms. The number of halogens is 1. The third kappa shape index (κ3) is 3.68. The molecule has 2 aliphatic heterocycles. The van der Waals surface area contributed by atoms with Crippen LogP contribution in [0.3, 0.4) is 0 Å². The molecule has 2 unspecified atom stereocenters. The third-order valence-electron chi connectivity index (χ3n) is 6.09. The van der Waals surface area contributed by atoms with E-state index in [9.17, 15) is 32.0 Å². The molecule has 2 saturated heterocycles. The van der Waals surface area contributed by atoms with Crippen molar-refractivity contribution in [1.82, 2.24) is 14.2 Å². The molecule has 0 bridgehead atoms. The molecule has 0 aliphatic carbocycles. The normalized spacial score (nSPS) is 22.6. The van der Waals surface area contributed by atoms with Crippen molar-refractivity contribution in [2.75, 3.05) is 13.1 Å². The number of benzene rings is 1. The number of rotatable bonds is 6. The first-order valence-corrected chi connectivity index (χ1v) is 11.7. The van der Waals surface area contributed by atoms with E-state index < -0.39 is 56.7 Å². The van der Waals surface area contributed by atoms with Crippen LogP contribution in [0.5, 0.6) is 0 Å². The van der Waals surface area contributed by atoms with Crippen molar-refractivity contribution >= 4 is 32.7 Å². The Morgan fingerprint density at radius 1 is 1.18 bits per heavy atom. The number of nitrogens with zero attached hydrogens (tertiary/aromatic N) is 3. The molecule has 1 aromatic carbocycles. The van der Waals surface area contributed by atoms with Crippen molar-refractivity contribution in [1.29, 1.82) is 0 Å². The van der Waals surface area contributed by atoms with Gasteiger partial charge in [-0.2, -0.15) is 4.31 Å². The maximum Gasteiger partial charge on any atom is 0.310 e. The number of ketones is 1. The smallest absolute Gasteiger partial charge is 0.310 e. The topological polar surface area (TPSA) is 148 Å². The summed E-state index contributed by atoms with van der Waals surface area (Å²) in [5, 5.41) is -1.33. The standard InChI is InChI=1S/C22H20FN4O6S/c23-15-7-4-14(5-8-15)6-9-19(29)26-12-10-17-22(26,21(24)31)18(28)13-27(17)34(32,33)20(30)16-3-1-2-11-25-16/h1-5,7-9,11,17H,6,10,12-13H2,(H2,24,31). The number of sulfonamides is 1. The van der Waals surface area contributed by atoms with Gasteiger partial charge in [0.1, 0.15) is 11.5 Å². The van der Waals surface area contributed by atoms with E-state index in [2.05, 4.69) is 4.98 Å². The van der Waals surface area contributed by atoms with Gasteiger partial charge in [-0.05, 0) is 42.7 Å². The molecule has 10 nitrogen and oxygen atoms in total. The van der Waals surface area contributed by atoms with Gasteiger partial charge in [-0.25, -0.2) is 12.8 Å². The van der Waals surface area contributed by atoms with E-state index in [4.69, 9.17) is 5.73 Å². The van der Waals surface area contributed by atoms with E-state index in [0.29, 0.717) is 9.87 Å². The van der Waals surface area contributed by atoms with Gasteiger partial charge in [0.05, 0.1) is 19.0 Å². The number of likely N-dealkylation sites (tertiary alicyclic amines) is 1. The Morgan fingerprint density at radius 3 is 2.50 bits per heavy atom. The number of hydrogen-bond acceptors (Lipinski definition) is 7. The maximum atomic E-state index is 13.1. The Kier molecular flexibility index (Phi) is 6.04. The number of Topliss-reactive ketones (excluding diaryl/α,β-unsaturated/α-hetero) is 1. The van der Waals surface area contributed by atoms with Crippen LogP contribution in [-0.4, -0.2) is 70.0 Å². The van der Waals surface area contributed by atoms with Crippen LogP contribution in [0.25, 0.3) is 0 Å². The molecule has 3 heterocycles. The first kappa shape index (κ1) is 23.6. The molecule has 2 fully saturated rings. The fraction of sp³-hybridized carbons (Fsp3) is 0.273. The number of carbonyl (C=O) groups is 4. The second kappa shape index (κ2) is 8.69. The minimum Gasteiger partial charge on any atom is -0.367 e. The first-order valence-electron chi connectivity index (χ1n) is 10.3. The van der Waals surface area contributed by atoms with Crippen LogP contribution < -0.4 is 5.73 Å².